The van der Waals surface area contributed by atoms with Crippen molar-refractivity contribution in [3.63, 3.8) is 0 Å². The van der Waals surface area contributed by atoms with Gasteiger partial charge in [-0.3, -0.25) is 19.3 Å². The summed E-state index contributed by atoms with van der Waals surface area (Å²) in [4.78, 5) is 40.9. The second-order valence-corrected chi connectivity index (χ2v) is 9.96. The van der Waals surface area contributed by atoms with Gasteiger partial charge in [-0.2, -0.15) is 0 Å². The third-order valence-electron chi connectivity index (χ3n) is 5.81. The Morgan fingerprint density at radius 2 is 1.82 bits per heavy atom. The second kappa shape index (κ2) is 12.3. The first-order chi connectivity index (χ1) is 16.2. The molecule has 1 unspecified atom stereocenters. The standard InChI is InChI=1S/C26H31Cl2N3O3/c1-17(2)13-23(30-25(33)19-10-11-20(27)21(28)14-19)26(34)29-22-9-6-12-31(16-24(22)32)15-18-7-4-3-5-8-18/h3-5,7-8,10-11,14,17,22-23H,6,9,12-13,15-16H2,1-2H3,(H,29,34)(H,30,33)/t22-,23?/m0/s1. The van der Waals surface area contributed by atoms with Crippen LogP contribution >= 0.6 is 23.2 Å². The van der Waals surface area contributed by atoms with E-state index in [9.17, 15) is 14.4 Å². The molecule has 1 heterocycles. The average Bonchev–Trinajstić information content (AvgIpc) is 2.96. The number of rotatable bonds is 8. The van der Waals surface area contributed by atoms with E-state index in [-0.39, 0.29) is 29.2 Å². The summed E-state index contributed by atoms with van der Waals surface area (Å²) < 4.78 is 0. The van der Waals surface area contributed by atoms with Gasteiger partial charge in [0.25, 0.3) is 5.91 Å². The number of benzene rings is 2. The summed E-state index contributed by atoms with van der Waals surface area (Å²) in [5.74, 6) is -0.616. The van der Waals surface area contributed by atoms with E-state index >= 15 is 0 Å². The molecule has 1 saturated heterocycles. The zero-order valence-corrected chi connectivity index (χ0v) is 21.0. The summed E-state index contributed by atoms with van der Waals surface area (Å²) >= 11 is 12.0. The second-order valence-electron chi connectivity index (χ2n) is 9.15. The molecule has 2 amide bonds. The Labute approximate surface area is 211 Å². The van der Waals surface area contributed by atoms with Crippen molar-refractivity contribution in [2.75, 3.05) is 13.1 Å². The predicted molar refractivity (Wildman–Crippen MR) is 135 cm³/mol. The van der Waals surface area contributed by atoms with Crippen molar-refractivity contribution in [3.05, 3.63) is 69.7 Å². The molecule has 1 fully saturated rings. The molecule has 0 saturated carbocycles. The molecule has 0 spiro atoms. The van der Waals surface area contributed by atoms with Gasteiger partial charge in [0, 0.05) is 12.1 Å². The SMILES string of the molecule is CC(C)CC(NC(=O)c1ccc(Cl)c(Cl)c1)C(=O)N[C@H]1CCCN(Cc2ccccc2)CC1=O. The predicted octanol–water partition coefficient (Wildman–Crippen LogP) is 4.49. The van der Waals surface area contributed by atoms with E-state index in [2.05, 4.69) is 15.5 Å². The number of Topliss-reactive ketones (excluding diaryl/α,β-unsaturated/α-hetero) is 1. The van der Waals surface area contributed by atoms with Gasteiger partial charge in [0.2, 0.25) is 5.91 Å². The third kappa shape index (κ3) is 7.55. The van der Waals surface area contributed by atoms with Gasteiger partial charge in [0.1, 0.15) is 6.04 Å². The molecule has 1 aliphatic heterocycles. The highest BCUT2D eigenvalue weighted by Crippen LogP contribution is 2.23. The van der Waals surface area contributed by atoms with Crippen molar-refractivity contribution in [2.45, 2.75) is 51.7 Å². The van der Waals surface area contributed by atoms with Crippen LogP contribution in [-0.2, 0) is 16.1 Å². The lowest BCUT2D eigenvalue weighted by Gasteiger charge is -2.24. The fraction of sp³-hybridized carbons (Fsp3) is 0.423. The fourth-order valence-corrected chi connectivity index (χ4v) is 4.37. The molecule has 2 N–H and O–H groups in total. The molecule has 3 rings (SSSR count). The number of likely N-dealkylation sites (tertiary alicyclic amines) is 1. The number of carbonyl (C=O) groups excluding carboxylic acids is 3. The van der Waals surface area contributed by atoms with Crippen molar-refractivity contribution >= 4 is 40.8 Å². The lowest BCUT2D eigenvalue weighted by Crippen LogP contribution is -2.52. The number of hydrogen-bond donors (Lipinski definition) is 2. The number of carbonyl (C=O) groups is 3. The quantitative estimate of drug-likeness (QED) is 0.556. The van der Waals surface area contributed by atoms with Crippen LogP contribution in [-0.4, -0.2) is 47.7 Å². The normalized spacial score (nSPS) is 17.8. The van der Waals surface area contributed by atoms with E-state index in [1.165, 1.54) is 6.07 Å². The van der Waals surface area contributed by atoms with Crippen LogP contribution in [0.15, 0.2) is 48.5 Å². The largest absolute Gasteiger partial charge is 0.344 e. The van der Waals surface area contributed by atoms with Crippen molar-refractivity contribution in [1.82, 2.24) is 15.5 Å². The fourth-order valence-electron chi connectivity index (χ4n) is 4.07. The lowest BCUT2D eigenvalue weighted by molar-refractivity contribution is -0.129. The van der Waals surface area contributed by atoms with Crippen LogP contribution in [0.3, 0.4) is 0 Å². The first-order valence-electron chi connectivity index (χ1n) is 11.6. The molecule has 0 bridgehead atoms. The van der Waals surface area contributed by atoms with Gasteiger partial charge in [-0.05, 0) is 55.5 Å². The summed E-state index contributed by atoms with van der Waals surface area (Å²) in [7, 11) is 0. The first-order valence-corrected chi connectivity index (χ1v) is 12.3. The minimum atomic E-state index is -0.765. The average molecular weight is 504 g/mol. The van der Waals surface area contributed by atoms with Crippen LogP contribution in [0.5, 0.6) is 0 Å². The van der Waals surface area contributed by atoms with Gasteiger partial charge in [0.15, 0.2) is 5.78 Å². The van der Waals surface area contributed by atoms with E-state index < -0.39 is 18.0 Å². The van der Waals surface area contributed by atoms with E-state index in [4.69, 9.17) is 23.2 Å². The number of amides is 2. The van der Waals surface area contributed by atoms with Gasteiger partial charge in [-0.1, -0.05) is 67.4 Å². The topological polar surface area (TPSA) is 78.5 Å². The molecule has 6 nitrogen and oxygen atoms in total. The highest BCUT2D eigenvalue weighted by Gasteiger charge is 2.30. The van der Waals surface area contributed by atoms with Gasteiger partial charge < -0.3 is 10.6 Å². The molecule has 2 aromatic rings. The van der Waals surface area contributed by atoms with Crippen molar-refractivity contribution in [3.8, 4) is 0 Å². The molecular weight excluding hydrogens is 473 g/mol. The van der Waals surface area contributed by atoms with Crippen molar-refractivity contribution in [1.29, 1.82) is 0 Å². The summed E-state index contributed by atoms with van der Waals surface area (Å²) in [6.45, 7) is 5.72. The maximum atomic E-state index is 13.1. The Balaban J connectivity index is 1.63. The number of hydrogen-bond acceptors (Lipinski definition) is 4. The molecule has 0 aromatic heterocycles. The molecule has 0 aliphatic carbocycles. The monoisotopic (exact) mass is 503 g/mol. The summed E-state index contributed by atoms with van der Waals surface area (Å²) in [6.07, 6.45) is 1.82. The maximum absolute atomic E-state index is 13.1. The summed E-state index contributed by atoms with van der Waals surface area (Å²) in [5.41, 5.74) is 1.47. The van der Waals surface area contributed by atoms with E-state index in [1.54, 1.807) is 12.1 Å². The molecule has 8 heteroatoms. The van der Waals surface area contributed by atoms with Crippen molar-refractivity contribution < 1.29 is 14.4 Å². The number of nitrogens with zero attached hydrogens (tertiary/aromatic N) is 1. The van der Waals surface area contributed by atoms with Crippen LogP contribution in [0.2, 0.25) is 10.0 Å². The summed E-state index contributed by atoms with van der Waals surface area (Å²) in [6, 6.07) is 13.3. The smallest absolute Gasteiger partial charge is 0.251 e. The van der Waals surface area contributed by atoms with Crippen LogP contribution in [0.25, 0.3) is 0 Å². The molecule has 0 radical (unpaired) electrons. The zero-order valence-electron chi connectivity index (χ0n) is 19.5. The first kappa shape index (κ1) is 26.2. The highest BCUT2D eigenvalue weighted by atomic mass is 35.5. The van der Waals surface area contributed by atoms with Crippen LogP contribution < -0.4 is 10.6 Å². The third-order valence-corrected chi connectivity index (χ3v) is 6.55. The van der Waals surface area contributed by atoms with Gasteiger partial charge in [0.05, 0.1) is 22.6 Å². The Morgan fingerprint density at radius 3 is 2.50 bits per heavy atom. The van der Waals surface area contributed by atoms with Crippen molar-refractivity contribution in [2.24, 2.45) is 5.92 Å². The van der Waals surface area contributed by atoms with Gasteiger partial charge in [-0.25, -0.2) is 0 Å². The van der Waals surface area contributed by atoms with E-state index in [0.717, 1.165) is 18.5 Å². The molecule has 34 heavy (non-hydrogen) atoms. The van der Waals surface area contributed by atoms with E-state index in [1.807, 2.05) is 44.2 Å². The summed E-state index contributed by atoms with van der Waals surface area (Å²) in [5, 5.41) is 6.31. The highest BCUT2D eigenvalue weighted by molar-refractivity contribution is 6.42. The molecule has 2 atom stereocenters. The van der Waals surface area contributed by atoms with Crippen LogP contribution in [0.4, 0.5) is 0 Å². The minimum absolute atomic E-state index is 0.0131. The molecule has 182 valence electrons. The minimum Gasteiger partial charge on any atom is -0.344 e. The van der Waals surface area contributed by atoms with Crippen LogP contribution in [0.1, 0.15) is 49.0 Å². The molecule has 2 aromatic carbocycles. The Kier molecular flexibility index (Phi) is 9.51. The Bertz CT molecular complexity index is 1010. The Hall–Kier alpha value is -2.41. The number of ketones is 1. The zero-order chi connectivity index (χ0) is 24.7. The molecule has 1 aliphatic rings. The number of halogens is 2. The lowest BCUT2D eigenvalue weighted by atomic mass is 10.0. The van der Waals surface area contributed by atoms with Gasteiger partial charge in [-0.15, -0.1) is 0 Å². The maximum Gasteiger partial charge on any atom is 0.251 e. The molecular formula is C26H31Cl2N3O3. The van der Waals surface area contributed by atoms with Crippen LogP contribution in [0, 0.1) is 5.92 Å². The number of nitrogens with one attached hydrogen (secondary N) is 2. The van der Waals surface area contributed by atoms with Gasteiger partial charge >= 0.3 is 0 Å². The Morgan fingerprint density at radius 1 is 1.09 bits per heavy atom. The van der Waals surface area contributed by atoms with E-state index in [0.29, 0.717) is 30.0 Å².